The first kappa shape index (κ1) is 10.4. The summed E-state index contributed by atoms with van der Waals surface area (Å²) in [4.78, 5) is 0. The third-order valence-electron chi connectivity index (χ3n) is 2.40. The molecule has 0 amide bonds. The molecule has 0 aliphatic carbocycles. The summed E-state index contributed by atoms with van der Waals surface area (Å²) in [6, 6.07) is 6.05. The van der Waals surface area contributed by atoms with E-state index in [9.17, 15) is 4.39 Å². The minimum absolute atomic E-state index is 0.470. The zero-order chi connectivity index (χ0) is 10.0. The van der Waals surface area contributed by atoms with Crippen molar-refractivity contribution in [1.29, 1.82) is 0 Å². The smallest absolute Gasteiger partial charge is 0.152 e. The van der Waals surface area contributed by atoms with Crippen molar-refractivity contribution in [3.63, 3.8) is 0 Å². The van der Waals surface area contributed by atoms with E-state index in [1.54, 1.807) is 7.85 Å². The molecule has 0 radical (unpaired) electrons. The summed E-state index contributed by atoms with van der Waals surface area (Å²) in [6.45, 7) is 4.24. The van der Waals surface area contributed by atoms with Crippen LogP contribution in [0.4, 0.5) is 4.39 Å². The fraction of sp³-hybridized carbons (Fsp3) is 0.400. The van der Waals surface area contributed by atoms with Crippen molar-refractivity contribution in [3.8, 4) is 0 Å². The van der Waals surface area contributed by atoms with Gasteiger partial charge in [0.2, 0.25) is 0 Å². The minimum Gasteiger partial charge on any atom is -0.253 e. The molecule has 0 bridgehead atoms. The number of hydrogen-bond donors (Lipinski definition) is 0. The molecule has 3 heteroatoms. The SMILES string of the molecule is Bc1ccc(C(C)C)cc1C(B)F. The average Bonchev–Trinajstić information content (AvgIpc) is 2.04. The van der Waals surface area contributed by atoms with Crippen molar-refractivity contribution < 1.29 is 4.39 Å². The van der Waals surface area contributed by atoms with E-state index in [0.29, 0.717) is 5.92 Å². The Bertz CT molecular complexity index is 295. The quantitative estimate of drug-likeness (QED) is 0.580. The Morgan fingerprint density at radius 1 is 1.31 bits per heavy atom. The van der Waals surface area contributed by atoms with Gasteiger partial charge in [0.05, 0.1) is 6.07 Å². The second-order valence-electron chi connectivity index (χ2n) is 3.89. The van der Waals surface area contributed by atoms with Crippen LogP contribution in [0.3, 0.4) is 0 Å². The van der Waals surface area contributed by atoms with E-state index < -0.39 is 6.07 Å². The first-order chi connectivity index (χ1) is 6.02. The molecule has 1 unspecified atom stereocenters. The van der Waals surface area contributed by atoms with Gasteiger partial charge in [-0.2, -0.15) is 0 Å². The summed E-state index contributed by atoms with van der Waals surface area (Å²) in [5.41, 5.74) is 3.08. The normalized spacial score (nSPS) is 13.2. The average molecular weight is 176 g/mol. The van der Waals surface area contributed by atoms with E-state index in [-0.39, 0.29) is 0 Å². The Kier molecular flexibility index (Phi) is 3.18. The lowest BCUT2D eigenvalue weighted by molar-refractivity contribution is 0.461. The molecule has 1 rings (SSSR count). The van der Waals surface area contributed by atoms with Crippen LogP contribution in [-0.4, -0.2) is 15.7 Å². The van der Waals surface area contributed by atoms with Crippen LogP contribution in [0, 0.1) is 0 Å². The van der Waals surface area contributed by atoms with Gasteiger partial charge in [-0.05, 0) is 17.0 Å². The molecular weight excluding hydrogens is 161 g/mol. The predicted octanol–water partition coefficient (Wildman–Crippen LogP) is 0.670. The van der Waals surface area contributed by atoms with Crippen LogP contribution in [0.15, 0.2) is 18.2 Å². The van der Waals surface area contributed by atoms with Crippen molar-refractivity contribution in [1.82, 2.24) is 0 Å². The van der Waals surface area contributed by atoms with Gasteiger partial charge >= 0.3 is 0 Å². The summed E-state index contributed by atoms with van der Waals surface area (Å²) in [7, 11) is 3.54. The Morgan fingerprint density at radius 3 is 2.38 bits per heavy atom. The molecule has 0 saturated carbocycles. The van der Waals surface area contributed by atoms with Crippen LogP contribution >= 0.6 is 0 Å². The lowest BCUT2D eigenvalue weighted by Gasteiger charge is -2.12. The topological polar surface area (TPSA) is 0 Å². The van der Waals surface area contributed by atoms with Gasteiger partial charge in [-0.25, -0.2) is 0 Å². The maximum atomic E-state index is 13.1. The van der Waals surface area contributed by atoms with Crippen molar-refractivity contribution in [2.45, 2.75) is 25.8 Å². The standard InChI is InChI=1S/C10H15B2F/c1-6(2)7-3-4-9(11)8(5-7)10(12)13/h3-6,10H,11-12H2,1-2H3. The maximum absolute atomic E-state index is 13.1. The third-order valence-corrected chi connectivity index (χ3v) is 2.40. The Balaban J connectivity index is 3.11. The highest BCUT2D eigenvalue weighted by atomic mass is 19.1. The van der Waals surface area contributed by atoms with Crippen LogP contribution in [0.25, 0.3) is 0 Å². The first-order valence-corrected chi connectivity index (χ1v) is 4.77. The Labute approximate surface area is 81.4 Å². The molecule has 0 aliphatic heterocycles. The van der Waals surface area contributed by atoms with Crippen LogP contribution in [0.5, 0.6) is 0 Å². The molecule has 0 saturated heterocycles. The van der Waals surface area contributed by atoms with Gasteiger partial charge in [0.1, 0.15) is 7.85 Å². The molecule has 0 N–H and O–H groups in total. The largest absolute Gasteiger partial charge is 0.253 e. The lowest BCUT2D eigenvalue weighted by atomic mass is 9.80. The number of rotatable bonds is 2. The molecule has 1 aromatic carbocycles. The van der Waals surface area contributed by atoms with Crippen molar-refractivity contribution in [2.24, 2.45) is 0 Å². The second kappa shape index (κ2) is 3.99. The third kappa shape index (κ3) is 2.36. The van der Waals surface area contributed by atoms with Gasteiger partial charge in [-0.3, -0.25) is 4.39 Å². The maximum Gasteiger partial charge on any atom is 0.152 e. The fourth-order valence-corrected chi connectivity index (χ4v) is 1.45. The van der Waals surface area contributed by atoms with Crippen molar-refractivity contribution >= 4 is 21.2 Å². The Morgan fingerprint density at radius 2 is 1.92 bits per heavy atom. The van der Waals surface area contributed by atoms with E-state index in [4.69, 9.17) is 0 Å². The number of alkyl halides is 1. The van der Waals surface area contributed by atoms with Gasteiger partial charge in [0.15, 0.2) is 7.85 Å². The monoisotopic (exact) mass is 176 g/mol. The first-order valence-electron chi connectivity index (χ1n) is 4.77. The van der Waals surface area contributed by atoms with Crippen molar-refractivity contribution in [2.75, 3.05) is 0 Å². The summed E-state index contributed by atoms with van der Waals surface area (Å²) in [5, 5.41) is 0. The number of halogens is 1. The summed E-state index contributed by atoms with van der Waals surface area (Å²) in [6.07, 6.45) is -0.862. The molecule has 13 heavy (non-hydrogen) atoms. The molecule has 0 nitrogen and oxygen atoms in total. The molecule has 0 aromatic heterocycles. The highest BCUT2D eigenvalue weighted by molar-refractivity contribution is 6.34. The van der Waals surface area contributed by atoms with Crippen molar-refractivity contribution in [3.05, 3.63) is 29.3 Å². The molecule has 1 aromatic rings. The van der Waals surface area contributed by atoms with Gasteiger partial charge in [0, 0.05) is 0 Å². The van der Waals surface area contributed by atoms with Gasteiger partial charge in [-0.1, -0.05) is 37.5 Å². The zero-order valence-corrected chi connectivity index (χ0v) is 8.76. The van der Waals surface area contributed by atoms with E-state index in [1.807, 2.05) is 20.0 Å². The van der Waals surface area contributed by atoms with E-state index in [2.05, 4.69) is 19.9 Å². The van der Waals surface area contributed by atoms with Crippen LogP contribution in [0.1, 0.15) is 37.0 Å². The fourth-order valence-electron chi connectivity index (χ4n) is 1.45. The van der Waals surface area contributed by atoms with E-state index >= 15 is 0 Å². The lowest BCUT2D eigenvalue weighted by Crippen LogP contribution is -2.13. The van der Waals surface area contributed by atoms with Crippen LogP contribution in [0.2, 0.25) is 0 Å². The van der Waals surface area contributed by atoms with E-state index in [0.717, 1.165) is 11.0 Å². The molecule has 0 spiro atoms. The molecule has 1 atom stereocenters. The summed E-state index contributed by atoms with van der Waals surface area (Å²) >= 11 is 0. The summed E-state index contributed by atoms with van der Waals surface area (Å²) < 4.78 is 13.1. The molecular formula is C10H15B2F. The molecule has 0 heterocycles. The van der Waals surface area contributed by atoms with Gasteiger partial charge in [0.25, 0.3) is 0 Å². The highest BCUT2D eigenvalue weighted by Crippen LogP contribution is 2.18. The predicted molar refractivity (Wildman–Crippen MR) is 61.1 cm³/mol. The Hall–Kier alpha value is -0.720. The molecule has 0 aliphatic rings. The number of benzene rings is 1. The second-order valence-corrected chi connectivity index (χ2v) is 3.89. The molecule has 0 fully saturated rings. The molecule has 68 valence electrons. The van der Waals surface area contributed by atoms with Gasteiger partial charge < -0.3 is 0 Å². The minimum atomic E-state index is -0.862. The van der Waals surface area contributed by atoms with Crippen LogP contribution in [-0.2, 0) is 0 Å². The van der Waals surface area contributed by atoms with Gasteiger partial charge in [-0.15, -0.1) is 0 Å². The number of hydrogen-bond acceptors (Lipinski definition) is 0. The highest BCUT2D eigenvalue weighted by Gasteiger charge is 2.08. The summed E-state index contributed by atoms with van der Waals surface area (Å²) in [5.74, 6) is 0.470. The van der Waals surface area contributed by atoms with Crippen LogP contribution < -0.4 is 5.46 Å². The van der Waals surface area contributed by atoms with E-state index in [1.165, 1.54) is 5.56 Å². The zero-order valence-electron chi connectivity index (χ0n) is 8.76.